The van der Waals surface area contributed by atoms with Crippen molar-refractivity contribution in [3.63, 3.8) is 0 Å². The average molecular weight is 516 g/mol. The maximum Gasteiger partial charge on any atom is 0.310 e. The topological polar surface area (TPSA) is 94.1 Å². The van der Waals surface area contributed by atoms with Crippen LogP contribution < -0.4 is 5.32 Å². The summed E-state index contributed by atoms with van der Waals surface area (Å²) in [6.45, 7) is 3.10. The number of nitrogens with one attached hydrogen (secondary N) is 2. The molecular weight excluding hydrogens is 488 g/mol. The Morgan fingerprint density at radius 1 is 1.22 bits per heavy atom. The molecule has 3 heterocycles. The van der Waals surface area contributed by atoms with E-state index in [9.17, 15) is 14.3 Å². The number of nitrogens with zero attached hydrogens (tertiary/aromatic N) is 3. The van der Waals surface area contributed by atoms with Gasteiger partial charge in [-0.2, -0.15) is 5.10 Å². The number of H-pyrrole nitrogens is 1. The number of likely N-dealkylation sites (tertiary alicyclic amines) is 1. The SMILES string of the molecule is Cc1cc(Nc2cc(C3CC3)c(F)c(CC3(C(=O)O)CCN(Cc4cccc(Cl)c4F)CC3)n2)n[nH]1. The van der Waals surface area contributed by atoms with E-state index < -0.39 is 23.0 Å². The zero-order valence-electron chi connectivity index (χ0n) is 20.0. The fraction of sp³-hybridized carbons (Fsp3) is 0.423. The Bertz CT molecular complexity index is 1290. The summed E-state index contributed by atoms with van der Waals surface area (Å²) >= 11 is 5.90. The van der Waals surface area contributed by atoms with Gasteiger partial charge in [-0.3, -0.25) is 14.8 Å². The van der Waals surface area contributed by atoms with Crippen LogP contribution in [0.4, 0.5) is 20.4 Å². The van der Waals surface area contributed by atoms with Crippen molar-refractivity contribution in [2.45, 2.75) is 51.5 Å². The summed E-state index contributed by atoms with van der Waals surface area (Å²) in [5.74, 6) is -0.687. The van der Waals surface area contributed by atoms with Gasteiger partial charge in [0.05, 0.1) is 16.1 Å². The number of anilines is 2. The van der Waals surface area contributed by atoms with Crippen LogP contribution in [0.1, 0.15) is 54.1 Å². The van der Waals surface area contributed by atoms with E-state index in [1.165, 1.54) is 6.07 Å². The minimum Gasteiger partial charge on any atom is -0.481 e. The third kappa shape index (κ3) is 5.08. The van der Waals surface area contributed by atoms with Gasteiger partial charge in [0, 0.05) is 30.3 Å². The van der Waals surface area contributed by atoms with Crippen LogP contribution >= 0.6 is 11.6 Å². The molecule has 0 atom stereocenters. The molecule has 1 saturated carbocycles. The second kappa shape index (κ2) is 9.78. The van der Waals surface area contributed by atoms with Gasteiger partial charge >= 0.3 is 5.97 Å². The molecule has 0 bridgehead atoms. The lowest BCUT2D eigenvalue weighted by Gasteiger charge is -2.39. The number of benzene rings is 1. The van der Waals surface area contributed by atoms with E-state index in [0.717, 1.165) is 18.5 Å². The molecule has 1 saturated heterocycles. The van der Waals surface area contributed by atoms with Crippen LogP contribution in [-0.4, -0.2) is 44.2 Å². The number of aryl methyl sites for hydroxylation is 1. The number of aromatic amines is 1. The molecule has 1 aliphatic carbocycles. The lowest BCUT2D eigenvalue weighted by atomic mass is 9.74. The fourth-order valence-corrected chi connectivity index (χ4v) is 5.12. The molecule has 7 nitrogen and oxygen atoms in total. The number of rotatable bonds is 8. The molecule has 0 radical (unpaired) electrons. The minimum absolute atomic E-state index is 0.0115. The molecule has 1 aliphatic heterocycles. The molecule has 3 aromatic rings. The van der Waals surface area contributed by atoms with Crippen molar-refractivity contribution < 1.29 is 18.7 Å². The molecular formula is C26H28ClF2N5O2. The zero-order valence-corrected chi connectivity index (χ0v) is 20.7. The fourth-order valence-electron chi connectivity index (χ4n) is 4.93. The van der Waals surface area contributed by atoms with Crippen LogP contribution in [-0.2, 0) is 17.8 Å². The van der Waals surface area contributed by atoms with Crippen molar-refractivity contribution in [2.24, 2.45) is 5.41 Å². The third-order valence-corrected chi connectivity index (χ3v) is 7.52. The van der Waals surface area contributed by atoms with E-state index in [1.807, 2.05) is 17.9 Å². The molecule has 1 aromatic carbocycles. The molecule has 0 unspecified atom stereocenters. The van der Waals surface area contributed by atoms with Crippen molar-refractivity contribution in [1.82, 2.24) is 20.1 Å². The van der Waals surface area contributed by atoms with E-state index in [0.29, 0.717) is 55.2 Å². The highest BCUT2D eigenvalue weighted by atomic mass is 35.5. The van der Waals surface area contributed by atoms with Crippen molar-refractivity contribution in [3.05, 3.63) is 69.5 Å². The van der Waals surface area contributed by atoms with Gasteiger partial charge in [0.25, 0.3) is 0 Å². The highest BCUT2D eigenvalue weighted by Gasteiger charge is 2.43. The van der Waals surface area contributed by atoms with E-state index in [4.69, 9.17) is 11.6 Å². The number of piperidine rings is 1. The zero-order chi connectivity index (χ0) is 25.4. The summed E-state index contributed by atoms with van der Waals surface area (Å²) in [6.07, 6.45) is 2.41. The normalized spacial score (nSPS) is 17.8. The second-order valence-corrected chi connectivity index (χ2v) is 10.4. The van der Waals surface area contributed by atoms with Gasteiger partial charge in [-0.25, -0.2) is 13.8 Å². The Labute approximate surface area is 212 Å². The maximum absolute atomic E-state index is 15.6. The standard InChI is InChI=1S/C26H28ClF2N5O2/c1-15-11-22(33-32-15)31-21-12-18(16-5-6-16)24(29)20(30-21)13-26(25(35)36)7-9-34(10-8-26)14-17-3-2-4-19(27)23(17)28/h2-4,11-12,16H,5-10,13-14H2,1H3,(H,35,36)(H2,30,31,32,33). The molecule has 2 aliphatic rings. The minimum atomic E-state index is -1.15. The molecule has 5 rings (SSSR count). The number of aromatic nitrogens is 3. The Balaban J connectivity index is 1.36. The Hall–Kier alpha value is -3.04. The quantitative estimate of drug-likeness (QED) is 0.363. The van der Waals surface area contributed by atoms with Gasteiger partial charge in [-0.15, -0.1) is 0 Å². The van der Waals surface area contributed by atoms with Crippen LogP contribution in [0.15, 0.2) is 30.3 Å². The number of halogens is 3. The number of hydrogen-bond donors (Lipinski definition) is 3. The van der Waals surface area contributed by atoms with Gasteiger partial charge in [-0.05, 0) is 69.3 Å². The first kappa shape index (κ1) is 24.6. The lowest BCUT2D eigenvalue weighted by molar-refractivity contribution is -0.152. The molecule has 0 amide bonds. The molecule has 2 aromatic heterocycles. The van der Waals surface area contributed by atoms with Crippen molar-refractivity contribution in [2.75, 3.05) is 18.4 Å². The first-order chi connectivity index (χ1) is 17.2. The first-order valence-corrected chi connectivity index (χ1v) is 12.5. The van der Waals surface area contributed by atoms with E-state index in [2.05, 4.69) is 20.5 Å². The molecule has 0 spiro atoms. The van der Waals surface area contributed by atoms with Crippen molar-refractivity contribution in [1.29, 1.82) is 0 Å². The second-order valence-electron chi connectivity index (χ2n) is 9.94. The Morgan fingerprint density at radius 2 is 1.97 bits per heavy atom. The molecule has 2 fully saturated rings. The predicted octanol–water partition coefficient (Wildman–Crippen LogP) is 5.58. The van der Waals surface area contributed by atoms with Crippen molar-refractivity contribution >= 4 is 29.2 Å². The van der Waals surface area contributed by atoms with Crippen LogP contribution in [0.25, 0.3) is 0 Å². The van der Waals surface area contributed by atoms with Crippen LogP contribution in [0, 0.1) is 24.0 Å². The summed E-state index contributed by atoms with van der Waals surface area (Å²) in [7, 11) is 0. The average Bonchev–Trinajstić information content (AvgIpc) is 3.61. The Morgan fingerprint density at radius 3 is 2.61 bits per heavy atom. The summed E-state index contributed by atoms with van der Waals surface area (Å²) < 4.78 is 29.9. The van der Waals surface area contributed by atoms with E-state index >= 15 is 4.39 Å². The van der Waals surface area contributed by atoms with Gasteiger partial charge in [0.1, 0.15) is 17.5 Å². The van der Waals surface area contributed by atoms with Crippen LogP contribution in [0.2, 0.25) is 5.02 Å². The Kier molecular flexibility index (Phi) is 6.70. The highest BCUT2D eigenvalue weighted by molar-refractivity contribution is 6.30. The van der Waals surface area contributed by atoms with Crippen LogP contribution in [0.3, 0.4) is 0 Å². The highest BCUT2D eigenvalue weighted by Crippen LogP contribution is 2.44. The molecule has 190 valence electrons. The van der Waals surface area contributed by atoms with E-state index in [-0.39, 0.29) is 23.1 Å². The summed E-state index contributed by atoms with van der Waals surface area (Å²) in [4.78, 5) is 19.0. The number of pyridine rings is 1. The number of carbonyl (C=O) groups is 1. The van der Waals surface area contributed by atoms with E-state index in [1.54, 1.807) is 18.2 Å². The predicted molar refractivity (Wildman–Crippen MR) is 132 cm³/mol. The van der Waals surface area contributed by atoms with Gasteiger partial charge in [-0.1, -0.05) is 23.7 Å². The number of hydrogen-bond acceptors (Lipinski definition) is 5. The summed E-state index contributed by atoms with van der Waals surface area (Å²) in [6, 6.07) is 8.40. The third-order valence-electron chi connectivity index (χ3n) is 7.23. The lowest BCUT2D eigenvalue weighted by Crippen LogP contribution is -2.45. The van der Waals surface area contributed by atoms with Crippen molar-refractivity contribution in [3.8, 4) is 0 Å². The monoisotopic (exact) mass is 515 g/mol. The summed E-state index contributed by atoms with van der Waals surface area (Å²) in [5, 5.41) is 20.4. The smallest absolute Gasteiger partial charge is 0.310 e. The summed E-state index contributed by atoms with van der Waals surface area (Å²) in [5.41, 5.74) is 0.922. The molecule has 36 heavy (non-hydrogen) atoms. The molecule has 10 heteroatoms. The molecule has 3 N–H and O–H groups in total. The number of carboxylic acid groups (broad SMARTS) is 1. The first-order valence-electron chi connectivity index (χ1n) is 12.1. The van der Waals surface area contributed by atoms with Gasteiger partial charge in [0.2, 0.25) is 0 Å². The van der Waals surface area contributed by atoms with Gasteiger partial charge < -0.3 is 10.4 Å². The maximum atomic E-state index is 15.6. The number of aliphatic carboxylic acids is 1. The number of carboxylic acids is 1. The van der Waals surface area contributed by atoms with Crippen LogP contribution in [0.5, 0.6) is 0 Å². The van der Waals surface area contributed by atoms with Gasteiger partial charge in [0.15, 0.2) is 5.82 Å². The largest absolute Gasteiger partial charge is 0.481 e.